The van der Waals surface area contributed by atoms with Crippen LogP contribution in [0.2, 0.25) is 0 Å². The molecule has 28 heavy (non-hydrogen) atoms. The van der Waals surface area contributed by atoms with Crippen LogP contribution in [0.1, 0.15) is 29.5 Å². The Bertz CT molecular complexity index is 731. The first-order chi connectivity index (χ1) is 13.4. The smallest absolute Gasteiger partial charge is 0.367 e. The van der Waals surface area contributed by atoms with E-state index in [-0.39, 0.29) is 6.61 Å². The van der Waals surface area contributed by atoms with Crippen molar-refractivity contribution < 1.29 is 17.9 Å². The molecular formula is C21H26F3N3O. The highest BCUT2D eigenvalue weighted by molar-refractivity contribution is 5.79. The SMILES string of the molecule is CN=C(NCc1ccc(COCC(F)(F)F)cc1)NCC(C)c1ccccc1. The van der Waals surface area contributed by atoms with Crippen LogP contribution in [0.4, 0.5) is 13.2 Å². The third-order valence-electron chi connectivity index (χ3n) is 4.19. The Labute approximate surface area is 163 Å². The Morgan fingerprint density at radius 1 is 1.00 bits per heavy atom. The predicted molar refractivity (Wildman–Crippen MR) is 105 cm³/mol. The molecule has 1 unspecified atom stereocenters. The van der Waals surface area contributed by atoms with Gasteiger partial charge in [-0.1, -0.05) is 61.5 Å². The molecule has 0 amide bonds. The van der Waals surface area contributed by atoms with Gasteiger partial charge in [-0.05, 0) is 22.6 Å². The van der Waals surface area contributed by atoms with Crippen molar-refractivity contribution in [1.82, 2.24) is 10.6 Å². The summed E-state index contributed by atoms with van der Waals surface area (Å²) in [6.45, 7) is 2.16. The van der Waals surface area contributed by atoms with Gasteiger partial charge in [0, 0.05) is 20.1 Å². The van der Waals surface area contributed by atoms with Crippen molar-refractivity contribution in [2.45, 2.75) is 32.2 Å². The minimum atomic E-state index is -4.30. The zero-order chi connectivity index (χ0) is 20.4. The molecule has 0 saturated heterocycles. The second-order valence-corrected chi connectivity index (χ2v) is 6.54. The fourth-order valence-electron chi connectivity index (χ4n) is 2.59. The van der Waals surface area contributed by atoms with Crippen molar-refractivity contribution in [3.8, 4) is 0 Å². The number of hydrogen-bond donors (Lipinski definition) is 2. The topological polar surface area (TPSA) is 45.7 Å². The fraction of sp³-hybridized carbons (Fsp3) is 0.381. The van der Waals surface area contributed by atoms with E-state index in [1.54, 1.807) is 19.2 Å². The maximum absolute atomic E-state index is 12.1. The molecule has 0 radical (unpaired) electrons. The van der Waals surface area contributed by atoms with Gasteiger partial charge in [0.05, 0.1) is 6.61 Å². The number of hydrogen-bond acceptors (Lipinski definition) is 2. The lowest BCUT2D eigenvalue weighted by molar-refractivity contribution is -0.176. The summed E-state index contributed by atoms with van der Waals surface area (Å²) in [5.74, 6) is 1.04. The van der Waals surface area contributed by atoms with Gasteiger partial charge in [0.25, 0.3) is 0 Å². The molecule has 0 fully saturated rings. The number of alkyl halides is 3. The Kier molecular flexibility index (Phi) is 8.32. The molecule has 0 aliphatic heterocycles. The van der Waals surface area contributed by atoms with Crippen molar-refractivity contribution in [1.29, 1.82) is 0 Å². The van der Waals surface area contributed by atoms with Gasteiger partial charge in [0.1, 0.15) is 6.61 Å². The van der Waals surface area contributed by atoms with E-state index in [1.807, 2.05) is 30.3 Å². The molecule has 0 heterocycles. The molecular weight excluding hydrogens is 367 g/mol. The highest BCUT2D eigenvalue weighted by Crippen LogP contribution is 2.16. The molecule has 2 N–H and O–H groups in total. The number of halogens is 3. The third kappa shape index (κ3) is 8.00. The second kappa shape index (κ2) is 10.7. The maximum atomic E-state index is 12.1. The van der Waals surface area contributed by atoms with Gasteiger partial charge >= 0.3 is 6.18 Å². The molecule has 1 atom stereocenters. The zero-order valence-corrected chi connectivity index (χ0v) is 16.1. The standard InChI is InChI=1S/C21H26F3N3O/c1-16(19-6-4-3-5-7-19)12-26-20(25-2)27-13-17-8-10-18(11-9-17)14-28-15-21(22,23)24/h3-11,16H,12-15H2,1-2H3,(H2,25,26,27). The monoisotopic (exact) mass is 393 g/mol. The van der Waals surface area contributed by atoms with E-state index in [0.717, 1.165) is 12.1 Å². The first-order valence-corrected chi connectivity index (χ1v) is 9.09. The highest BCUT2D eigenvalue weighted by atomic mass is 19.4. The van der Waals surface area contributed by atoms with E-state index >= 15 is 0 Å². The van der Waals surface area contributed by atoms with Gasteiger partial charge in [-0.15, -0.1) is 0 Å². The van der Waals surface area contributed by atoms with Gasteiger partial charge < -0.3 is 15.4 Å². The molecule has 152 valence electrons. The summed E-state index contributed by atoms with van der Waals surface area (Å²) in [5.41, 5.74) is 2.96. The van der Waals surface area contributed by atoms with Crippen LogP contribution in [0.3, 0.4) is 0 Å². The Balaban J connectivity index is 1.75. The lowest BCUT2D eigenvalue weighted by Crippen LogP contribution is -2.38. The fourth-order valence-corrected chi connectivity index (χ4v) is 2.59. The van der Waals surface area contributed by atoms with Gasteiger partial charge in [0.2, 0.25) is 0 Å². The van der Waals surface area contributed by atoms with Crippen molar-refractivity contribution >= 4 is 5.96 Å². The van der Waals surface area contributed by atoms with E-state index in [4.69, 9.17) is 0 Å². The van der Waals surface area contributed by atoms with E-state index in [0.29, 0.717) is 24.0 Å². The lowest BCUT2D eigenvalue weighted by Gasteiger charge is -2.16. The zero-order valence-electron chi connectivity index (χ0n) is 16.1. The normalized spacial score (nSPS) is 13.2. The lowest BCUT2D eigenvalue weighted by atomic mass is 10.0. The van der Waals surface area contributed by atoms with Crippen LogP contribution in [-0.4, -0.2) is 32.3 Å². The first-order valence-electron chi connectivity index (χ1n) is 9.09. The van der Waals surface area contributed by atoms with Gasteiger partial charge in [-0.3, -0.25) is 4.99 Å². The second-order valence-electron chi connectivity index (χ2n) is 6.54. The number of ether oxygens (including phenoxy) is 1. The quantitative estimate of drug-likeness (QED) is 0.521. The van der Waals surface area contributed by atoms with E-state index in [2.05, 4.69) is 39.4 Å². The van der Waals surface area contributed by atoms with Gasteiger partial charge in [-0.2, -0.15) is 13.2 Å². The summed E-state index contributed by atoms with van der Waals surface area (Å²) in [5, 5.41) is 6.54. The summed E-state index contributed by atoms with van der Waals surface area (Å²) in [7, 11) is 1.71. The molecule has 4 nitrogen and oxygen atoms in total. The highest BCUT2D eigenvalue weighted by Gasteiger charge is 2.27. The Morgan fingerprint density at radius 3 is 2.25 bits per heavy atom. The summed E-state index contributed by atoms with van der Waals surface area (Å²) >= 11 is 0. The molecule has 2 aromatic carbocycles. The molecule has 0 aromatic heterocycles. The molecule has 0 spiro atoms. The van der Waals surface area contributed by atoms with Crippen LogP contribution in [0.5, 0.6) is 0 Å². The first kappa shape index (κ1) is 21.8. The van der Waals surface area contributed by atoms with Gasteiger partial charge in [-0.25, -0.2) is 0 Å². The predicted octanol–water partition coefficient (Wildman–Crippen LogP) is 4.23. The molecule has 2 aromatic rings. The number of nitrogens with zero attached hydrogens (tertiary/aromatic N) is 1. The Hall–Kier alpha value is -2.54. The van der Waals surface area contributed by atoms with Gasteiger partial charge in [0.15, 0.2) is 5.96 Å². The minimum Gasteiger partial charge on any atom is -0.367 e. The van der Waals surface area contributed by atoms with Crippen molar-refractivity contribution in [2.24, 2.45) is 4.99 Å². The van der Waals surface area contributed by atoms with Crippen molar-refractivity contribution in [2.75, 3.05) is 20.2 Å². The minimum absolute atomic E-state index is 0.0617. The number of guanidine groups is 1. The average Bonchev–Trinajstić information content (AvgIpc) is 2.68. The molecule has 0 bridgehead atoms. The molecule has 0 saturated carbocycles. The van der Waals surface area contributed by atoms with Crippen LogP contribution in [-0.2, 0) is 17.9 Å². The summed E-state index contributed by atoms with van der Waals surface area (Å²) in [6.07, 6.45) is -4.30. The van der Waals surface area contributed by atoms with Crippen LogP contribution in [0, 0.1) is 0 Å². The third-order valence-corrected chi connectivity index (χ3v) is 4.19. The summed E-state index contributed by atoms with van der Waals surface area (Å²) < 4.78 is 40.9. The molecule has 0 aliphatic carbocycles. The van der Waals surface area contributed by atoms with E-state index in [9.17, 15) is 13.2 Å². The van der Waals surface area contributed by atoms with Crippen molar-refractivity contribution in [3.63, 3.8) is 0 Å². The summed E-state index contributed by atoms with van der Waals surface area (Å²) in [4.78, 5) is 4.22. The summed E-state index contributed by atoms with van der Waals surface area (Å²) in [6, 6.07) is 17.5. The molecule has 7 heteroatoms. The maximum Gasteiger partial charge on any atom is 0.411 e. The average molecular weight is 393 g/mol. The molecule has 0 aliphatic rings. The van der Waals surface area contributed by atoms with Crippen LogP contribution in [0.15, 0.2) is 59.6 Å². The van der Waals surface area contributed by atoms with E-state index < -0.39 is 12.8 Å². The largest absolute Gasteiger partial charge is 0.411 e. The van der Waals surface area contributed by atoms with Crippen LogP contribution < -0.4 is 10.6 Å². The number of nitrogens with one attached hydrogen (secondary N) is 2. The molecule has 2 rings (SSSR count). The Morgan fingerprint density at radius 2 is 1.64 bits per heavy atom. The van der Waals surface area contributed by atoms with E-state index in [1.165, 1.54) is 5.56 Å². The number of aliphatic imine (C=N–C) groups is 1. The number of benzene rings is 2. The van der Waals surface area contributed by atoms with Crippen LogP contribution >= 0.6 is 0 Å². The van der Waals surface area contributed by atoms with Crippen LogP contribution in [0.25, 0.3) is 0 Å². The number of rotatable bonds is 8. The van der Waals surface area contributed by atoms with Crippen molar-refractivity contribution in [3.05, 3.63) is 71.3 Å².